The maximum Gasteiger partial charge on any atom is 0.472 e. The van der Waals surface area contributed by atoms with Gasteiger partial charge in [0.15, 0.2) is 0 Å². The zero-order valence-corrected chi connectivity index (χ0v) is 23.4. The van der Waals surface area contributed by atoms with Crippen LogP contribution in [0.2, 0.25) is 0 Å². The van der Waals surface area contributed by atoms with Crippen LogP contribution in [0.5, 0.6) is 0 Å². The fourth-order valence-electron chi connectivity index (χ4n) is 3.44. The normalized spacial score (nSPS) is 15.6. The van der Waals surface area contributed by atoms with Crippen molar-refractivity contribution in [1.82, 2.24) is 0 Å². The summed E-state index contributed by atoms with van der Waals surface area (Å²) in [5, 5.41) is 27.5. The number of rotatable bonds is 27. The molecule has 0 saturated heterocycles. The van der Waals surface area contributed by atoms with Gasteiger partial charge in [-0.2, -0.15) is 0 Å². The van der Waals surface area contributed by atoms with Gasteiger partial charge in [-0.3, -0.25) is 9.05 Å². The number of phosphoric ester groups is 1. The third-order valence-electron chi connectivity index (χ3n) is 5.62. The summed E-state index contributed by atoms with van der Waals surface area (Å²) in [5.74, 6) is 0. The molecule has 9 heteroatoms. The van der Waals surface area contributed by atoms with Gasteiger partial charge >= 0.3 is 7.82 Å². The van der Waals surface area contributed by atoms with E-state index < -0.39 is 39.9 Å². The fraction of sp³-hybridized carbons (Fsp3) is 0.852. The molecule has 0 radical (unpaired) electrons. The molecule has 36 heavy (non-hydrogen) atoms. The second kappa shape index (κ2) is 26.1. The average molecular weight is 537 g/mol. The van der Waals surface area contributed by atoms with E-state index in [0.29, 0.717) is 6.61 Å². The lowest BCUT2D eigenvalue weighted by atomic mass is 10.1. The molecule has 3 unspecified atom stereocenters. The Bertz CT molecular complexity index is 570. The number of unbranched alkanes of at least 4 members (excludes halogenated alkanes) is 12. The molecule has 0 aliphatic carbocycles. The van der Waals surface area contributed by atoms with Crippen LogP contribution in [0.1, 0.15) is 103 Å². The van der Waals surface area contributed by atoms with Gasteiger partial charge in [-0.25, -0.2) is 4.57 Å². The molecule has 0 saturated carbocycles. The molecule has 0 amide bonds. The van der Waals surface area contributed by atoms with Crippen LogP contribution in [-0.4, -0.2) is 65.5 Å². The number of aliphatic hydroxyl groups is 3. The van der Waals surface area contributed by atoms with Gasteiger partial charge in [0, 0.05) is 6.61 Å². The van der Waals surface area contributed by atoms with Gasteiger partial charge in [-0.15, -0.1) is 0 Å². The van der Waals surface area contributed by atoms with Gasteiger partial charge in [0.05, 0.1) is 26.4 Å². The van der Waals surface area contributed by atoms with Crippen LogP contribution in [-0.2, 0) is 18.3 Å². The minimum atomic E-state index is -4.39. The lowest BCUT2D eigenvalue weighted by Gasteiger charge is -2.16. The summed E-state index contributed by atoms with van der Waals surface area (Å²) in [6.45, 7) is 1.22. The molecule has 3 atom stereocenters. The molecule has 0 spiro atoms. The molecular formula is C27H53O8P. The Balaban J connectivity index is 3.40. The molecule has 0 aromatic carbocycles. The van der Waals surface area contributed by atoms with Gasteiger partial charge < -0.3 is 24.9 Å². The molecular weight excluding hydrogens is 483 g/mol. The lowest BCUT2D eigenvalue weighted by Crippen LogP contribution is -2.23. The molecule has 0 aromatic rings. The Morgan fingerprint density at radius 3 is 1.75 bits per heavy atom. The molecule has 0 bridgehead atoms. The van der Waals surface area contributed by atoms with Crippen molar-refractivity contribution < 1.29 is 38.6 Å². The standard InChI is InChI=1S/C27H53O8P/c1-2-3-4-5-6-7-8-9-10-11-12-13-14-15-16-17-18-19-20-21-33-23-27(30)25-35-36(31,32)34-24-26(29)22-28/h7-8,10-11,26-30H,2-6,9,12-25H2,1H3,(H,31,32)/b8-7-,11-10-. The van der Waals surface area contributed by atoms with E-state index in [9.17, 15) is 14.6 Å². The first-order valence-corrected chi connectivity index (χ1v) is 15.4. The van der Waals surface area contributed by atoms with Crippen molar-refractivity contribution in [2.45, 2.75) is 115 Å². The van der Waals surface area contributed by atoms with Gasteiger partial charge in [-0.05, 0) is 38.5 Å². The molecule has 0 aliphatic heterocycles. The van der Waals surface area contributed by atoms with Crippen molar-refractivity contribution in [1.29, 1.82) is 0 Å². The van der Waals surface area contributed by atoms with Crippen LogP contribution in [0, 0.1) is 0 Å². The number of hydrogen-bond acceptors (Lipinski definition) is 7. The smallest absolute Gasteiger partial charge is 0.394 e. The van der Waals surface area contributed by atoms with E-state index in [4.69, 9.17) is 14.9 Å². The summed E-state index contributed by atoms with van der Waals surface area (Å²) >= 11 is 0. The molecule has 0 aliphatic rings. The van der Waals surface area contributed by atoms with Crippen molar-refractivity contribution in [3.05, 3.63) is 24.3 Å². The zero-order chi connectivity index (χ0) is 26.7. The first kappa shape index (κ1) is 35.4. The second-order valence-corrected chi connectivity index (χ2v) is 10.7. The Kier molecular flexibility index (Phi) is 25.6. The number of aliphatic hydroxyl groups excluding tert-OH is 3. The van der Waals surface area contributed by atoms with E-state index in [2.05, 4.69) is 40.3 Å². The second-order valence-electron chi connectivity index (χ2n) is 9.27. The van der Waals surface area contributed by atoms with E-state index in [-0.39, 0.29) is 6.61 Å². The monoisotopic (exact) mass is 536 g/mol. The van der Waals surface area contributed by atoms with Crippen LogP contribution in [0.3, 0.4) is 0 Å². The SMILES string of the molecule is CCCCCC/C=C\C/C=C\CCCCCCCCCCOCC(O)COP(=O)(O)OCC(O)CO. The third-order valence-corrected chi connectivity index (χ3v) is 6.57. The molecule has 0 fully saturated rings. The minimum absolute atomic E-state index is 0.00302. The maximum atomic E-state index is 11.6. The Labute approximate surface area is 219 Å². The molecule has 0 rings (SSSR count). The Morgan fingerprint density at radius 2 is 1.19 bits per heavy atom. The van der Waals surface area contributed by atoms with Crippen LogP contribution in [0.15, 0.2) is 24.3 Å². The molecule has 8 nitrogen and oxygen atoms in total. The number of ether oxygens (including phenoxy) is 1. The van der Waals surface area contributed by atoms with Gasteiger partial charge in [-0.1, -0.05) is 89.0 Å². The van der Waals surface area contributed by atoms with Crippen LogP contribution in [0.25, 0.3) is 0 Å². The first-order chi connectivity index (χ1) is 17.4. The summed E-state index contributed by atoms with van der Waals surface area (Å²) in [4.78, 5) is 9.42. The zero-order valence-electron chi connectivity index (χ0n) is 22.5. The molecule has 0 aromatic heterocycles. The highest BCUT2D eigenvalue weighted by atomic mass is 31.2. The molecule has 4 N–H and O–H groups in total. The topological polar surface area (TPSA) is 126 Å². The summed E-state index contributed by atoms with van der Waals surface area (Å²) in [7, 11) is -4.39. The molecule has 214 valence electrons. The highest BCUT2D eigenvalue weighted by Gasteiger charge is 2.24. The fourth-order valence-corrected chi connectivity index (χ4v) is 4.24. The van der Waals surface area contributed by atoms with Gasteiger partial charge in [0.2, 0.25) is 0 Å². The van der Waals surface area contributed by atoms with Gasteiger partial charge in [0.1, 0.15) is 12.2 Å². The predicted octanol–water partition coefficient (Wildman–Crippen LogP) is 5.83. The summed E-state index contributed by atoms with van der Waals surface area (Å²) in [6.07, 6.45) is 25.1. The average Bonchev–Trinajstić information content (AvgIpc) is 2.87. The van der Waals surface area contributed by atoms with Crippen molar-refractivity contribution in [2.75, 3.05) is 33.0 Å². The number of phosphoric acid groups is 1. The third kappa shape index (κ3) is 26.5. The summed E-state index contributed by atoms with van der Waals surface area (Å²) < 4.78 is 26.1. The lowest BCUT2D eigenvalue weighted by molar-refractivity contribution is -0.00437. The summed E-state index contributed by atoms with van der Waals surface area (Å²) in [5.41, 5.74) is 0. The summed E-state index contributed by atoms with van der Waals surface area (Å²) in [6, 6.07) is 0. The quantitative estimate of drug-likeness (QED) is 0.0587. The molecule has 0 heterocycles. The van der Waals surface area contributed by atoms with E-state index in [1.54, 1.807) is 0 Å². The highest BCUT2D eigenvalue weighted by molar-refractivity contribution is 7.47. The van der Waals surface area contributed by atoms with Crippen molar-refractivity contribution in [2.24, 2.45) is 0 Å². The number of hydrogen-bond donors (Lipinski definition) is 4. The minimum Gasteiger partial charge on any atom is -0.394 e. The highest BCUT2D eigenvalue weighted by Crippen LogP contribution is 2.43. The Morgan fingerprint density at radius 1 is 0.694 bits per heavy atom. The van der Waals surface area contributed by atoms with Crippen LogP contribution < -0.4 is 0 Å². The number of allylic oxidation sites excluding steroid dienone is 4. The Hall–Kier alpha value is -0.570. The van der Waals surface area contributed by atoms with Crippen molar-refractivity contribution >= 4 is 7.82 Å². The largest absolute Gasteiger partial charge is 0.472 e. The maximum absolute atomic E-state index is 11.6. The van der Waals surface area contributed by atoms with Gasteiger partial charge in [0.25, 0.3) is 0 Å². The van der Waals surface area contributed by atoms with Crippen LogP contribution in [0.4, 0.5) is 0 Å². The van der Waals surface area contributed by atoms with E-state index in [1.807, 2.05) is 0 Å². The van der Waals surface area contributed by atoms with E-state index >= 15 is 0 Å². The van der Waals surface area contributed by atoms with Crippen LogP contribution >= 0.6 is 7.82 Å². The first-order valence-electron chi connectivity index (χ1n) is 13.9. The van der Waals surface area contributed by atoms with Crippen molar-refractivity contribution in [3.8, 4) is 0 Å². The predicted molar refractivity (Wildman–Crippen MR) is 145 cm³/mol. The van der Waals surface area contributed by atoms with E-state index in [0.717, 1.165) is 19.3 Å². The van der Waals surface area contributed by atoms with E-state index in [1.165, 1.54) is 77.0 Å². The van der Waals surface area contributed by atoms with Crippen molar-refractivity contribution in [3.63, 3.8) is 0 Å².